The van der Waals surface area contributed by atoms with Crippen LogP contribution in [0.15, 0.2) is 115 Å². The molecule has 0 unspecified atom stereocenters. The third-order valence-corrected chi connectivity index (χ3v) is 6.68. The van der Waals surface area contributed by atoms with E-state index >= 15 is 0 Å². The molecule has 0 saturated heterocycles. The number of nitrogens with one attached hydrogen (secondary N) is 2. The highest BCUT2D eigenvalue weighted by molar-refractivity contribution is 5.90. The van der Waals surface area contributed by atoms with Gasteiger partial charge < -0.3 is 20.8 Å². The second kappa shape index (κ2) is 12.0. The Hall–Kier alpha value is -4.98. The molecule has 3 aromatic carbocycles. The van der Waals surface area contributed by atoms with Crippen LogP contribution in [-0.2, 0) is 6.18 Å². The number of rotatable bonds is 9. The lowest BCUT2D eigenvalue weighted by Gasteiger charge is -2.17. The number of halogens is 3. The van der Waals surface area contributed by atoms with Gasteiger partial charge in [-0.1, -0.05) is 55.1 Å². The zero-order valence-electron chi connectivity index (χ0n) is 22.5. The summed E-state index contributed by atoms with van der Waals surface area (Å²) < 4.78 is 40.7. The Labute approximate surface area is 236 Å². The number of benzene rings is 3. The van der Waals surface area contributed by atoms with Crippen molar-refractivity contribution in [2.24, 2.45) is 0 Å². The number of phenolic OH excluding ortho intramolecular Hbond substituents is 1. The Morgan fingerprint density at radius 3 is 2.51 bits per heavy atom. The van der Waals surface area contributed by atoms with Crippen LogP contribution in [0, 0.1) is 0 Å². The molecule has 0 aliphatic heterocycles. The zero-order valence-corrected chi connectivity index (χ0v) is 22.5. The molecule has 0 spiro atoms. The molecule has 210 valence electrons. The van der Waals surface area contributed by atoms with E-state index in [0.717, 1.165) is 29.0 Å². The molecule has 0 atom stereocenters. The summed E-state index contributed by atoms with van der Waals surface area (Å²) >= 11 is 0. The molecule has 3 aromatic rings. The molecule has 4 N–H and O–H groups in total. The molecule has 4 rings (SSSR count). The van der Waals surface area contributed by atoms with E-state index in [1.165, 1.54) is 18.2 Å². The third-order valence-electron chi connectivity index (χ3n) is 6.68. The van der Waals surface area contributed by atoms with Crippen LogP contribution in [0.5, 0.6) is 5.75 Å². The van der Waals surface area contributed by atoms with Crippen molar-refractivity contribution in [3.05, 3.63) is 131 Å². The van der Waals surface area contributed by atoms with Gasteiger partial charge >= 0.3 is 12.1 Å². The number of phenols is 1. The van der Waals surface area contributed by atoms with Crippen LogP contribution in [0.3, 0.4) is 0 Å². The molecule has 5 nitrogen and oxygen atoms in total. The van der Waals surface area contributed by atoms with E-state index in [0.29, 0.717) is 40.1 Å². The van der Waals surface area contributed by atoms with Crippen LogP contribution in [0.25, 0.3) is 16.7 Å². The lowest BCUT2D eigenvalue weighted by Crippen LogP contribution is -2.08. The van der Waals surface area contributed by atoms with E-state index in [1.54, 1.807) is 49.5 Å². The molecule has 0 saturated carbocycles. The summed E-state index contributed by atoms with van der Waals surface area (Å²) in [7, 11) is 0. The fourth-order valence-corrected chi connectivity index (χ4v) is 4.52. The highest BCUT2D eigenvalue weighted by Crippen LogP contribution is 2.38. The number of para-hydroxylation sites is 1. The maximum Gasteiger partial charge on any atom is 0.416 e. The van der Waals surface area contributed by atoms with Gasteiger partial charge in [0, 0.05) is 35.1 Å². The van der Waals surface area contributed by atoms with Gasteiger partial charge in [-0.05, 0) is 72.5 Å². The lowest BCUT2D eigenvalue weighted by molar-refractivity contribution is -0.137. The quantitative estimate of drug-likeness (QED) is 0.156. The van der Waals surface area contributed by atoms with Crippen molar-refractivity contribution < 1.29 is 28.2 Å². The van der Waals surface area contributed by atoms with E-state index in [1.807, 2.05) is 25.2 Å². The van der Waals surface area contributed by atoms with Crippen LogP contribution in [0.1, 0.15) is 41.8 Å². The molecule has 0 heterocycles. The lowest BCUT2D eigenvalue weighted by atomic mass is 10.0. The summed E-state index contributed by atoms with van der Waals surface area (Å²) in [4.78, 5) is 11.4. The number of alkyl halides is 3. The first-order valence-electron chi connectivity index (χ1n) is 12.7. The number of hydrogen-bond donors (Lipinski definition) is 4. The minimum atomic E-state index is -4.51. The molecule has 0 fully saturated rings. The predicted molar refractivity (Wildman–Crippen MR) is 158 cm³/mol. The normalized spacial score (nSPS) is 13.9. The van der Waals surface area contributed by atoms with Crippen LogP contribution < -0.4 is 10.6 Å². The van der Waals surface area contributed by atoms with Crippen LogP contribution in [0.4, 0.5) is 24.5 Å². The summed E-state index contributed by atoms with van der Waals surface area (Å²) in [5.74, 6) is -1.17. The van der Waals surface area contributed by atoms with Crippen LogP contribution >= 0.6 is 0 Å². The molecule has 1 aliphatic carbocycles. The number of aromatic hydroxyl groups is 1. The summed E-state index contributed by atoms with van der Waals surface area (Å²) in [5, 5.41) is 26.5. The van der Waals surface area contributed by atoms with Crippen LogP contribution in [0.2, 0.25) is 0 Å². The van der Waals surface area contributed by atoms with Gasteiger partial charge in [0.15, 0.2) is 0 Å². The van der Waals surface area contributed by atoms with Crippen molar-refractivity contribution >= 4 is 22.9 Å². The number of aromatic carboxylic acids is 1. The largest absolute Gasteiger partial charge is 0.505 e. The first-order valence-corrected chi connectivity index (χ1v) is 12.7. The molecule has 0 aromatic heterocycles. The fourth-order valence-electron chi connectivity index (χ4n) is 4.52. The Morgan fingerprint density at radius 2 is 1.80 bits per heavy atom. The topological polar surface area (TPSA) is 81.6 Å². The van der Waals surface area contributed by atoms with Crippen molar-refractivity contribution in [2.75, 3.05) is 10.6 Å². The average molecular weight is 559 g/mol. The highest BCUT2D eigenvalue weighted by Gasteiger charge is 2.31. The number of hydrogen-bond acceptors (Lipinski definition) is 4. The predicted octanol–water partition coefficient (Wildman–Crippen LogP) is 9.01. The average Bonchev–Trinajstić information content (AvgIpc) is 3.28. The van der Waals surface area contributed by atoms with Gasteiger partial charge in [0.2, 0.25) is 0 Å². The molecule has 0 bridgehead atoms. The number of carboxylic acid groups (broad SMARTS) is 1. The molecule has 0 radical (unpaired) electrons. The minimum absolute atomic E-state index is 0.0879. The number of carboxylic acids is 1. The molecular weight excluding hydrogens is 529 g/mol. The van der Waals surface area contributed by atoms with Gasteiger partial charge in [-0.15, -0.1) is 0 Å². The first-order chi connectivity index (χ1) is 19.5. The second-order valence-corrected chi connectivity index (χ2v) is 9.59. The number of anilines is 2. The van der Waals surface area contributed by atoms with E-state index in [2.05, 4.69) is 17.2 Å². The third kappa shape index (κ3) is 6.78. The van der Waals surface area contributed by atoms with Crippen molar-refractivity contribution in [3.63, 3.8) is 0 Å². The van der Waals surface area contributed by atoms with Gasteiger partial charge in [0.25, 0.3) is 0 Å². The number of carbonyl (C=O) groups is 1. The Bertz CT molecular complexity index is 1630. The summed E-state index contributed by atoms with van der Waals surface area (Å²) in [6.45, 7) is 7.37. The van der Waals surface area contributed by atoms with E-state index in [-0.39, 0.29) is 11.3 Å². The van der Waals surface area contributed by atoms with Crippen molar-refractivity contribution in [1.82, 2.24) is 0 Å². The monoisotopic (exact) mass is 558 g/mol. The standard InChI is InChI=1S/C33H29F3N2O3/c1-4-5-8-22-17-26(15-20(22)2)38-30-18-25(33(34,35)36)13-14-27(30)21(3)19-37-29-12-7-11-28(31(29)39)23-9-6-10-24(16-23)32(40)41/h4-16,18-19,37-39H,1,17H2,2-3H3,(H,40,41)/b8-5-,21-19+. The fraction of sp³-hybridized carbons (Fsp3) is 0.121. The molecule has 1 aliphatic rings. The zero-order chi connectivity index (χ0) is 29.7. The highest BCUT2D eigenvalue weighted by atomic mass is 19.4. The SMILES string of the molecule is C=C/C=C\C1=C(C)C=C(Nc2cc(C(F)(F)F)ccc2/C(C)=C/Nc2cccc(-c3cccc(C(=O)O)c3)c2O)C1. The van der Waals surface area contributed by atoms with Crippen molar-refractivity contribution in [1.29, 1.82) is 0 Å². The molecule has 41 heavy (non-hydrogen) atoms. The Kier molecular flexibility index (Phi) is 8.52. The van der Waals surface area contributed by atoms with Gasteiger partial charge in [0.05, 0.1) is 16.8 Å². The molecular formula is C33H29F3N2O3. The van der Waals surface area contributed by atoms with Crippen molar-refractivity contribution in [2.45, 2.75) is 26.4 Å². The summed E-state index contributed by atoms with van der Waals surface area (Å²) in [5.41, 5.74) is 4.90. The Morgan fingerprint density at radius 1 is 1.05 bits per heavy atom. The maximum atomic E-state index is 13.6. The van der Waals surface area contributed by atoms with Crippen molar-refractivity contribution in [3.8, 4) is 16.9 Å². The van der Waals surface area contributed by atoms with Gasteiger partial charge in [0.1, 0.15) is 5.75 Å². The maximum absolute atomic E-state index is 13.6. The summed E-state index contributed by atoms with van der Waals surface area (Å²) in [6.07, 6.45) is 4.95. The van der Waals surface area contributed by atoms with Crippen LogP contribution in [-0.4, -0.2) is 16.2 Å². The molecule has 8 heteroatoms. The minimum Gasteiger partial charge on any atom is -0.505 e. The van der Waals surface area contributed by atoms with Gasteiger partial charge in [-0.2, -0.15) is 13.2 Å². The first kappa shape index (κ1) is 29.0. The summed E-state index contributed by atoms with van der Waals surface area (Å²) in [6, 6.07) is 14.8. The van der Waals surface area contributed by atoms with Gasteiger partial charge in [-0.3, -0.25) is 0 Å². The Balaban J connectivity index is 1.63. The number of allylic oxidation sites excluding steroid dienone is 7. The van der Waals surface area contributed by atoms with E-state index in [9.17, 15) is 28.2 Å². The van der Waals surface area contributed by atoms with E-state index < -0.39 is 17.7 Å². The smallest absolute Gasteiger partial charge is 0.416 e. The van der Waals surface area contributed by atoms with Gasteiger partial charge in [-0.25, -0.2) is 4.79 Å². The van der Waals surface area contributed by atoms with E-state index in [4.69, 9.17) is 0 Å². The second-order valence-electron chi connectivity index (χ2n) is 9.59. The molecule has 0 amide bonds.